The van der Waals surface area contributed by atoms with Crippen molar-refractivity contribution in [3.8, 4) is 0 Å². The second-order valence-corrected chi connectivity index (χ2v) is 2.09. The highest BCUT2D eigenvalue weighted by atomic mass is 19.1. The molecule has 0 aliphatic carbocycles. The summed E-state index contributed by atoms with van der Waals surface area (Å²) in [6.07, 6.45) is 2.58. The van der Waals surface area contributed by atoms with E-state index in [9.17, 15) is 4.39 Å². The lowest BCUT2D eigenvalue weighted by molar-refractivity contribution is 0.262. The minimum atomic E-state index is -0.0700. The molecule has 0 atom stereocenters. The highest BCUT2D eigenvalue weighted by molar-refractivity contribution is 4.74. The minimum absolute atomic E-state index is 0.0600. The maximum Gasteiger partial charge on any atom is 0.147 e. The van der Waals surface area contributed by atoms with Crippen molar-refractivity contribution in [1.82, 2.24) is 0 Å². The fourth-order valence-electron chi connectivity index (χ4n) is 0.615. The van der Waals surface area contributed by atoms with E-state index in [1.54, 1.807) is 0 Å². The van der Waals surface area contributed by atoms with Gasteiger partial charge in [0, 0.05) is 13.0 Å². The van der Waals surface area contributed by atoms with Gasteiger partial charge < -0.3 is 5.11 Å². The average molecular weight is 133 g/mol. The van der Waals surface area contributed by atoms with Crippen LogP contribution in [0.3, 0.4) is 0 Å². The van der Waals surface area contributed by atoms with Gasteiger partial charge in [-0.1, -0.05) is 19.8 Å². The van der Waals surface area contributed by atoms with Gasteiger partial charge in [0.1, 0.15) is 6.17 Å². The molecular formula is C7H14FO. The quantitative estimate of drug-likeness (QED) is 0.608. The number of unbranched alkanes of at least 4 members (excludes halogenated alkanes) is 1. The third-order valence-electron chi connectivity index (χ3n) is 1.18. The Bertz CT molecular complexity index is 56.9. The lowest BCUT2D eigenvalue weighted by atomic mass is 10.1. The summed E-state index contributed by atoms with van der Waals surface area (Å²) in [5, 5.41) is 8.28. The van der Waals surface area contributed by atoms with Gasteiger partial charge in [0.25, 0.3) is 0 Å². The monoisotopic (exact) mass is 133 g/mol. The number of hydrogen-bond acceptors (Lipinski definition) is 1. The van der Waals surface area contributed by atoms with Crippen molar-refractivity contribution >= 4 is 0 Å². The van der Waals surface area contributed by atoms with Crippen molar-refractivity contribution < 1.29 is 9.50 Å². The Morgan fingerprint density at radius 3 is 2.56 bits per heavy atom. The van der Waals surface area contributed by atoms with E-state index in [2.05, 4.69) is 0 Å². The molecule has 0 aliphatic rings. The van der Waals surface area contributed by atoms with Crippen LogP contribution in [0.1, 0.15) is 32.6 Å². The summed E-state index contributed by atoms with van der Waals surface area (Å²) >= 11 is 0. The van der Waals surface area contributed by atoms with E-state index in [1.807, 2.05) is 6.92 Å². The Hall–Kier alpha value is -0.110. The topological polar surface area (TPSA) is 20.2 Å². The molecule has 0 spiro atoms. The molecule has 0 heterocycles. The summed E-state index contributed by atoms with van der Waals surface area (Å²) in [7, 11) is 0. The lowest BCUT2D eigenvalue weighted by Crippen LogP contribution is -1.93. The maximum atomic E-state index is 12.3. The number of hydrogen-bond donors (Lipinski definition) is 1. The van der Waals surface area contributed by atoms with Gasteiger partial charge in [0.05, 0.1) is 0 Å². The Morgan fingerprint density at radius 1 is 1.44 bits per heavy atom. The van der Waals surface area contributed by atoms with Crippen LogP contribution in [0, 0.1) is 6.17 Å². The normalized spacial score (nSPS) is 10.7. The van der Waals surface area contributed by atoms with E-state index in [0.29, 0.717) is 6.42 Å². The van der Waals surface area contributed by atoms with Crippen molar-refractivity contribution in [2.45, 2.75) is 32.6 Å². The van der Waals surface area contributed by atoms with Crippen LogP contribution >= 0.6 is 0 Å². The Morgan fingerprint density at radius 2 is 2.11 bits per heavy atom. The summed E-state index contributed by atoms with van der Waals surface area (Å²) in [4.78, 5) is 0. The van der Waals surface area contributed by atoms with Crippen molar-refractivity contribution in [2.24, 2.45) is 0 Å². The summed E-state index contributed by atoms with van der Waals surface area (Å²) in [6, 6.07) is 0. The van der Waals surface area contributed by atoms with Gasteiger partial charge in [-0.15, -0.1) is 0 Å². The number of halogens is 1. The van der Waals surface area contributed by atoms with Crippen molar-refractivity contribution in [3.05, 3.63) is 6.17 Å². The van der Waals surface area contributed by atoms with E-state index in [1.165, 1.54) is 0 Å². The Labute approximate surface area is 55.9 Å². The van der Waals surface area contributed by atoms with Crippen LogP contribution in [0.5, 0.6) is 0 Å². The van der Waals surface area contributed by atoms with Gasteiger partial charge in [-0.2, -0.15) is 0 Å². The zero-order valence-corrected chi connectivity index (χ0v) is 5.86. The first-order chi connectivity index (χ1) is 4.31. The molecule has 0 aromatic carbocycles. The third kappa shape index (κ3) is 5.77. The summed E-state index contributed by atoms with van der Waals surface area (Å²) in [6.45, 7) is 1.96. The molecule has 0 bridgehead atoms. The molecule has 0 aliphatic heterocycles. The second kappa shape index (κ2) is 6.02. The van der Waals surface area contributed by atoms with Gasteiger partial charge in [-0.3, -0.25) is 0 Å². The number of aliphatic hydroxyl groups excluding tert-OH is 1. The van der Waals surface area contributed by atoms with Crippen LogP contribution < -0.4 is 0 Å². The molecule has 0 aromatic heterocycles. The second-order valence-electron chi connectivity index (χ2n) is 2.09. The minimum Gasteiger partial charge on any atom is -0.396 e. The molecule has 9 heavy (non-hydrogen) atoms. The molecule has 2 heteroatoms. The van der Waals surface area contributed by atoms with Gasteiger partial charge in [-0.05, 0) is 6.42 Å². The zero-order valence-electron chi connectivity index (χ0n) is 5.86. The molecule has 55 valence electrons. The molecule has 0 saturated heterocycles. The van der Waals surface area contributed by atoms with Crippen LogP contribution in [0.4, 0.5) is 4.39 Å². The van der Waals surface area contributed by atoms with Crippen molar-refractivity contribution in [3.63, 3.8) is 0 Å². The van der Waals surface area contributed by atoms with Crippen LogP contribution in [0.15, 0.2) is 0 Å². The molecule has 0 unspecified atom stereocenters. The third-order valence-corrected chi connectivity index (χ3v) is 1.18. The number of rotatable bonds is 5. The number of aliphatic hydroxyl groups is 1. The first kappa shape index (κ1) is 8.89. The van der Waals surface area contributed by atoms with Gasteiger partial charge in [0.2, 0.25) is 0 Å². The molecule has 0 aromatic rings. The summed E-state index contributed by atoms with van der Waals surface area (Å²) in [5.74, 6) is 0. The van der Waals surface area contributed by atoms with Crippen molar-refractivity contribution in [2.75, 3.05) is 6.61 Å². The van der Waals surface area contributed by atoms with Crippen LogP contribution in [0.25, 0.3) is 0 Å². The van der Waals surface area contributed by atoms with E-state index in [-0.39, 0.29) is 19.2 Å². The van der Waals surface area contributed by atoms with Crippen LogP contribution in [-0.2, 0) is 0 Å². The van der Waals surface area contributed by atoms with Crippen LogP contribution in [0.2, 0.25) is 0 Å². The van der Waals surface area contributed by atoms with Crippen molar-refractivity contribution in [1.29, 1.82) is 0 Å². The van der Waals surface area contributed by atoms with E-state index in [4.69, 9.17) is 5.11 Å². The van der Waals surface area contributed by atoms with Gasteiger partial charge >= 0.3 is 0 Å². The van der Waals surface area contributed by atoms with Gasteiger partial charge in [-0.25, -0.2) is 4.39 Å². The summed E-state index contributed by atoms with van der Waals surface area (Å²) < 4.78 is 12.3. The maximum absolute atomic E-state index is 12.3. The molecule has 0 saturated carbocycles. The first-order valence-electron chi connectivity index (χ1n) is 3.42. The average Bonchev–Trinajstić information content (AvgIpc) is 1.85. The van der Waals surface area contributed by atoms with Gasteiger partial charge in [0.15, 0.2) is 0 Å². The molecule has 0 fully saturated rings. The smallest absolute Gasteiger partial charge is 0.147 e. The van der Waals surface area contributed by atoms with E-state index >= 15 is 0 Å². The molecule has 1 radical (unpaired) electrons. The molecular weight excluding hydrogens is 119 g/mol. The highest BCUT2D eigenvalue weighted by Gasteiger charge is 2.04. The zero-order chi connectivity index (χ0) is 7.11. The molecule has 0 rings (SSSR count). The summed E-state index contributed by atoms with van der Waals surface area (Å²) in [5.41, 5.74) is 0. The predicted octanol–water partition coefficient (Wildman–Crippen LogP) is 2.06. The standard InChI is InChI=1S/C7H14FO/c1-2-3-4-7(8)5-6-9/h9H,2-6H2,1H3. The van der Waals surface area contributed by atoms with Crippen LogP contribution in [-0.4, -0.2) is 11.7 Å². The molecule has 1 nitrogen and oxygen atoms in total. The Kier molecular flexibility index (Phi) is 5.94. The largest absolute Gasteiger partial charge is 0.396 e. The lowest BCUT2D eigenvalue weighted by Gasteiger charge is -2.01. The fourth-order valence-corrected chi connectivity index (χ4v) is 0.615. The van der Waals surface area contributed by atoms with E-state index in [0.717, 1.165) is 12.8 Å². The molecule has 0 amide bonds. The Balaban J connectivity index is 2.95. The highest BCUT2D eigenvalue weighted by Crippen LogP contribution is 2.15. The van der Waals surface area contributed by atoms with E-state index < -0.39 is 0 Å². The molecule has 1 N–H and O–H groups in total. The SMILES string of the molecule is CCCC[C](F)CCO. The fraction of sp³-hybridized carbons (Fsp3) is 0.857. The first-order valence-corrected chi connectivity index (χ1v) is 3.42. The predicted molar refractivity (Wildman–Crippen MR) is 35.6 cm³/mol.